The molecule has 1 aromatic heterocycles. The summed E-state index contributed by atoms with van der Waals surface area (Å²) in [5.41, 5.74) is 1.97. The van der Waals surface area contributed by atoms with E-state index in [1.807, 2.05) is 6.92 Å². The molecule has 2 amide bonds. The van der Waals surface area contributed by atoms with Crippen LogP contribution in [0.1, 0.15) is 21.0 Å². The molecule has 0 fully saturated rings. The minimum Gasteiger partial charge on any atom is -0.333 e. The van der Waals surface area contributed by atoms with E-state index in [9.17, 15) is 14.9 Å². The number of hydrogen-bond donors (Lipinski definition) is 1. The van der Waals surface area contributed by atoms with Crippen LogP contribution in [0.4, 0.5) is 10.5 Å². The molecule has 8 heteroatoms. The second kappa shape index (κ2) is 6.33. The molecule has 1 aliphatic rings. The van der Waals surface area contributed by atoms with Gasteiger partial charge in [-0.1, -0.05) is 6.07 Å². The summed E-state index contributed by atoms with van der Waals surface area (Å²) >= 11 is 1.55. The summed E-state index contributed by atoms with van der Waals surface area (Å²) in [6.45, 7) is 3.37. The van der Waals surface area contributed by atoms with E-state index in [-0.39, 0.29) is 11.7 Å². The Bertz CT molecular complexity index is 759. The lowest BCUT2D eigenvalue weighted by atomic mass is 9.99. The van der Waals surface area contributed by atoms with Crippen molar-refractivity contribution in [2.45, 2.75) is 26.4 Å². The molecule has 0 saturated heterocycles. The van der Waals surface area contributed by atoms with Crippen molar-refractivity contribution in [3.63, 3.8) is 0 Å². The van der Waals surface area contributed by atoms with E-state index in [4.69, 9.17) is 0 Å². The number of nitro groups is 1. The lowest BCUT2D eigenvalue weighted by Gasteiger charge is -2.28. The number of urea groups is 1. The predicted octanol–water partition coefficient (Wildman–Crippen LogP) is 2.63. The van der Waals surface area contributed by atoms with E-state index in [1.54, 1.807) is 34.6 Å². The fraction of sp³-hybridized carbons (Fsp3) is 0.333. The number of hydrogen-bond acceptors (Lipinski definition) is 5. The number of nitro benzene ring substituents is 1. The SMILES string of the molecule is Cc1ncc(CNC(=O)N2CCc3ccc([N+](=O)[O-])cc3C2)s1. The molecule has 0 bridgehead atoms. The summed E-state index contributed by atoms with van der Waals surface area (Å²) in [7, 11) is 0. The molecule has 0 spiro atoms. The standard InChI is InChI=1S/C15H16N4O3S/c1-10-16-7-14(23-10)8-17-15(20)18-5-4-11-2-3-13(19(21)22)6-12(11)9-18/h2-3,6-7H,4-5,8-9H2,1H3,(H,17,20). The van der Waals surface area contributed by atoms with E-state index in [2.05, 4.69) is 10.3 Å². The summed E-state index contributed by atoms with van der Waals surface area (Å²) in [4.78, 5) is 29.6. The number of amides is 2. The number of aromatic nitrogens is 1. The lowest BCUT2D eigenvalue weighted by Crippen LogP contribution is -2.42. The quantitative estimate of drug-likeness (QED) is 0.691. The zero-order valence-electron chi connectivity index (χ0n) is 12.6. The second-order valence-corrected chi connectivity index (χ2v) is 6.71. The topological polar surface area (TPSA) is 88.4 Å². The smallest absolute Gasteiger partial charge is 0.318 e. The molecule has 3 rings (SSSR count). The number of nitrogens with zero attached hydrogens (tertiary/aromatic N) is 3. The Labute approximate surface area is 137 Å². The summed E-state index contributed by atoms with van der Waals surface area (Å²) in [5, 5.41) is 14.7. The first-order chi connectivity index (χ1) is 11.0. The van der Waals surface area contributed by atoms with Crippen LogP contribution in [0.2, 0.25) is 0 Å². The average Bonchev–Trinajstić information content (AvgIpc) is 2.97. The molecule has 2 heterocycles. The van der Waals surface area contributed by atoms with Crippen molar-refractivity contribution in [3.05, 3.63) is 55.5 Å². The van der Waals surface area contributed by atoms with Crippen LogP contribution in [0.25, 0.3) is 0 Å². The molecule has 7 nitrogen and oxygen atoms in total. The van der Waals surface area contributed by atoms with E-state index in [0.717, 1.165) is 21.0 Å². The Kier molecular flexibility index (Phi) is 4.24. The van der Waals surface area contributed by atoms with Crippen molar-refractivity contribution in [3.8, 4) is 0 Å². The van der Waals surface area contributed by atoms with E-state index in [1.165, 1.54) is 6.07 Å². The average molecular weight is 332 g/mol. The van der Waals surface area contributed by atoms with Gasteiger partial charge in [0.15, 0.2) is 0 Å². The van der Waals surface area contributed by atoms with Crippen molar-refractivity contribution in [2.75, 3.05) is 6.54 Å². The minimum atomic E-state index is -0.411. The Morgan fingerprint density at radius 2 is 2.30 bits per heavy atom. The molecule has 1 aliphatic heterocycles. The van der Waals surface area contributed by atoms with Gasteiger partial charge in [0.2, 0.25) is 0 Å². The van der Waals surface area contributed by atoms with Gasteiger partial charge in [0.25, 0.3) is 5.69 Å². The highest BCUT2D eigenvalue weighted by Gasteiger charge is 2.22. The molecule has 0 radical (unpaired) electrons. The van der Waals surface area contributed by atoms with Gasteiger partial charge in [0.05, 0.1) is 16.5 Å². The van der Waals surface area contributed by atoms with Crippen LogP contribution in [-0.2, 0) is 19.5 Å². The molecule has 120 valence electrons. The maximum Gasteiger partial charge on any atom is 0.318 e. The van der Waals surface area contributed by atoms with Crippen LogP contribution < -0.4 is 5.32 Å². The van der Waals surface area contributed by atoms with Crippen LogP contribution in [0, 0.1) is 17.0 Å². The van der Waals surface area contributed by atoms with Gasteiger partial charge >= 0.3 is 6.03 Å². The van der Waals surface area contributed by atoms with E-state index in [0.29, 0.717) is 26.1 Å². The molecule has 23 heavy (non-hydrogen) atoms. The first-order valence-corrected chi connectivity index (χ1v) is 8.05. The van der Waals surface area contributed by atoms with Gasteiger partial charge in [-0.3, -0.25) is 10.1 Å². The fourth-order valence-corrected chi connectivity index (χ4v) is 3.33. The van der Waals surface area contributed by atoms with E-state index < -0.39 is 4.92 Å². The molecule has 1 aromatic carbocycles. The third-order valence-electron chi connectivity index (χ3n) is 3.78. The number of non-ortho nitro benzene ring substituents is 1. The monoisotopic (exact) mass is 332 g/mol. The fourth-order valence-electron chi connectivity index (χ4n) is 2.59. The second-order valence-electron chi connectivity index (χ2n) is 5.39. The molecular weight excluding hydrogens is 316 g/mol. The van der Waals surface area contributed by atoms with Gasteiger partial charge in [-0.15, -0.1) is 11.3 Å². The van der Waals surface area contributed by atoms with Crippen molar-refractivity contribution in [2.24, 2.45) is 0 Å². The molecule has 0 saturated carbocycles. The van der Waals surface area contributed by atoms with Crippen molar-refractivity contribution in [1.29, 1.82) is 0 Å². The number of carbonyl (C=O) groups excluding carboxylic acids is 1. The van der Waals surface area contributed by atoms with Gasteiger partial charge < -0.3 is 10.2 Å². The first kappa shape index (κ1) is 15.4. The molecule has 0 unspecified atom stereocenters. The van der Waals surface area contributed by atoms with Crippen LogP contribution in [0.3, 0.4) is 0 Å². The van der Waals surface area contributed by atoms with Gasteiger partial charge in [-0.2, -0.15) is 0 Å². The Morgan fingerprint density at radius 1 is 1.48 bits per heavy atom. The third kappa shape index (κ3) is 3.48. The highest BCUT2D eigenvalue weighted by Crippen LogP contribution is 2.24. The molecule has 0 aliphatic carbocycles. The zero-order chi connectivity index (χ0) is 16.4. The molecular formula is C15H16N4O3S. The maximum absolute atomic E-state index is 12.3. The Hall–Kier alpha value is -2.48. The van der Waals surface area contributed by atoms with Gasteiger partial charge in [0, 0.05) is 36.3 Å². The van der Waals surface area contributed by atoms with Crippen molar-refractivity contribution >= 4 is 23.1 Å². The van der Waals surface area contributed by atoms with Crippen LogP contribution in [-0.4, -0.2) is 27.4 Å². The number of benzene rings is 1. The van der Waals surface area contributed by atoms with Gasteiger partial charge in [-0.05, 0) is 24.5 Å². The van der Waals surface area contributed by atoms with Crippen LogP contribution in [0.15, 0.2) is 24.4 Å². The number of rotatable bonds is 3. The van der Waals surface area contributed by atoms with Crippen LogP contribution >= 0.6 is 11.3 Å². The van der Waals surface area contributed by atoms with Crippen molar-refractivity contribution in [1.82, 2.24) is 15.2 Å². The summed E-state index contributed by atoms with van der Waals surface area (Å²) in [6, 6.07) is 4.69. The maximum atomic E-state index is 12.3. The number of carbonyl (C=O) groups is 1. The zero-order valence-corrected chi connectivity index (χ0v) is 13.4. The van der Waals surface area contributed by atoms with Gasteiger partial charge in [0.1, 0.15) is 0 Å². The van der Waals surface area contributed by atoms with E-state index >= 15 is 0 Å². The highest BCUT2D eigenvalue weighted by molar-refractivity contribution is 7.11. The normalized spacial score (nSPS) is 13.5. The number of aryl methyl sites for hydroxylation is 1. The Balaban J connectivity index is 1.64. The van der Waals surface area contributed by atoms with Crippen molar-refractivity contribution < 1.29 is 9.72 Å². The number of thiazole rings is 1. The lowest BCUT2D eigenvalue weighted by molar-refractivity contribution is -0.385. The summed E-state index contributed by atoms with van der Waals surface area (Å²) in [6.07, 6.45) is 2.47. The van der Waals surface area contributed by atoms with Gasteiger partial charge in [-0.25, -0.2) is 9.78 Å². The molecule has 0 atom stereocenters. The minimum absolute atomic E-state index is 0.0612. The largest absolute Gasteiger partial charge is 0.333 e. The Morgan fingerprint density at radius 3 is 3.00 bits per heavy atom. The molecule has 1 N–H and O–H groups in total. The predicted molar refractivity (Wildman–Crippen MR) is 86.3 cm³/mol. The number of nitrogens with one attached hydrogen (secondary N) is 1. The number of fused-ring (bicyclic) bond motifs is 1. The summed E-state index contributed by atoms with van der Waals surface area (Å²) < 4.78 is 0. The highest BCUT2D eigenvalue weighted by atomic mass is 32.1. The van der Waals surface area contributed by atoms with Crippen LogP contribution in [0.5, 0.6) is 0 Å². The molecule has 2 aromatic rings. The first-order valence-electron chi connectivity index (χ1n) is 7.23. The summed E-state index contributed by atoms with van der Waals surface area (Å²) in [5.74, 6) is 0. The third-order valence-corrected chi connectivity index (χ3v) is 4.70.